The molecule has 0 aromatic heterocycles. The van der Waals surface area contributed by atoms with Gasteiger partial charge in [0.2, 0.25) is 0 Å². The smallest absolute Gasteiger partial charge is 0.264 e. The summed E-state index contributed by atoms with van der Waals surface area (Å²) in [6.07, 6.45) is 1.01. The van der Waals surface area contributed by atoms with E-state index in [1.807, 2.05) is 0 Å². The number of hydrogen-bond donors (Lipinski definition) is 1. The van der Waals surface area contributed by atoms with Crippen LogP contribution in [0.2, 0.25) is 5.02 Å². The maximum atomic E-state index is 13.8. The minimum atomic E-state index is -4.22. The Kier molecular flexibility index (Phi) is 4.70. The molecule has 0 atom stereocenters. The molecule has 2 rings (SSSR count). The van der Waals surface area contributed by atoms with Gasteiger partial charge in [0.05, 0.1) is 10.6 Å². The molecular formula is C14H13ClFNO4S2. The maximum Gasteiger partial charge on any atom is 0.264 e. The van der Waals surface area contributed by atoms with E-state index in [1.165, 1.54) is 24.3 Å². The molecule has 5 nitrogen and oxygen atoms in total. The first-order valence-corrected chi connectivity index (χ1v) is 10.0. The number of benzene rings is 2. The first-order valence-electron chi connectivity index (χ1n) is 6.29. The molecule has 0 fully saturated rings. The van der Waals surface area contributed by atoms with Gasteiger partial charge in [-0.05, 0) is 42.8 Å². The number of sulfone groups is 1. The van der Waals surface area contributed by atoms with Crippen LogP contribution < -0.4 is 4.72 Å². The summed E-state index contributed by atoms with van der Waals surface area (Å²) in [7, 11) is -7.73. The van der Waals surface area contributed by atoms with Gasteiger partial charge in [-0.25, -0.2) is 21.2 Å². The highest BCUT2D eigenvalue weighted by atomic mass is 35.5. The number of sulfonamides is 1. The Balaban J connectivity index is 2.49. The zero-order chi connectivity index (χ0) is 17.4. The summed E-state index contributed by atoms with van der Waals surface area (Å²) < 4.78 is 63.8. The van der Waals surface area contributed by atoms with Crippen LogP contribution in [-0.4, -0.2) is 23.1 Å². The van der Waals surface area contributed by atoms with Crippen LogP contribution in [0.3, 0.4) is 0 Å². The van der Waals surface area contributed by atoms with Gasteiger partial charge in [0.1, 0.15) is 10.7 Å². The fourth-order valence-electron chi connectivity index (χ4n) is 1.83. The van der Waals surface area contributed by atoms with Crippen molar-refractivity contribution in [2.75, 3.05) is 11.0 Å². The predicted octanol–water partition coefficient (Wildman–Crippen LogP) is 2.99. The Bertz CT molecular complexity index is 972. The van der Waals surface area contributed by atoms with E-state index in [9.17, 15) is 21.2 Å². The summed E-state index contributed by atoms with van der Waals surface area (Å²) in [5, 5.41) is 0.0664. The lowest BCUT2D eigenvalue weighted by molar-refractivity contribution is 0.570. The van der Waals surface area contributed by atoms with Crippen molar-refractivity contribution in [3.05, 3.63) is 52.8 Å². The lowest BCUT2D eigenvalue weighted by atomic mass is 10.2. The summed E-state index contributed by atoms with van der Waals surface area (Å²) >= 11 is 5.60. The molecule has 23 heavy (non-hydrogen) atoms. The van der Waals surface area contributed by atoms with Crippen LogP contribution >= 0.6 is 11.6 Å². The summed E-state index contributed by atoms with van der Waals surface area (Å²) in [6.45, 7) is 1.60. The van der Waals surface area contributed by atoms with Gasteiger partial charge in [-0.2, -0.15) is 0 Å². The fourth-order valence-corrected chi connectivity index (χ4v) is 3.82. The molecule has 2 aromatic rings. The highest BCUT2D eigenvalue weighted by Gasteiger charge is 2.21. The molecule has 0 radical (unpaired) electrons. The van der Waals surface area contributed by atoms with Gasteiger partial charge in [-0.3, -0.25) is 4.72 Å². The van der Waals surface area contributed by atoms with Gasteiger partial charge in [0, 0.05) is 11.3 Å². The van der Waals surface area contributed by atoms with E-state index in [2.05, 4.69) is 4.72 Å². The van der Waals surface area contributed by atoms with Gasteiger partial charge in [-0.15, -0.1) is 0 Å². The molecule has 0 aliphatic rings. The first-order chi connectivity index (χ1) is 10.5. The van der Waals surface area contributed by atoms with Gasteiger partial charge in [-0.1, -0.05) is 17.7 Å². The standard InChI is InChI=1S/C14H13ClFNO4S2/c1-9-3-5-11(22(2,18)19)8-13(9)17-23(20,21)14-6-4-10(15)7-12(14)16/h3-8,17H,1-2H3. The van der Waals surface area contributed by atoms with E-state index >= 15 is 0 Å². The third-order valence-electron chi connectivity index (χ3n) is 3.06. The molecule has 124 valence electrons. The molecule has 0 unspecified atom stereocenters. The van der Waals surface area contributed by atoms with Crippen LogP contribution in [-0.2, 0) is 19.9 Å². The average molecular weight is 378 g/mol. The predicted molar refractivity (Wildman–Crippen MR) is 86.5 cm³/mol. The third-order valence-corrected chi connectivity index (χ3v) is 5.81. The largest absolute Gasteiger partial charge is 0.279 e. The highest BCUT2D eigenvalue weighted by molar-refractivity contribution is 7.92. The van der Waals surface area contributed by atoms with Crippen molar-refractivity contribution < 1.29 is 21.2 Å². The SMILES string of the molecule is Cc1ccc(S(C)(=O)=O)cc1NS(=O)(=O)c1ccc(Cl)cc1F. The topological polar surface area (TPSA) is 80.3 Å². The highest BCUT2D eigenvalue weighted by Crippen LogP contribution is 2.25. The van der Waals surface area contributed by atoms with Crippen LogP contribution in [0.25, 0.3) is 0 Å². The molecule has 0 saturated heterocycles. The molecule has 1 N–H and O–H groups in total. The Labute approximate surface area is 139 Å². The van der Waals surface area contributed by atoms with E-state index < -0.39 is 30.6 Å². The van der Waals surface area contributed by atoms with Gasteiger partial charge < -0.3 is 0 Å². The lowest BCUT2D eigenvalue weighted by Gasteiger charge is -2.12. The molecule has 0 spiro atoms. The number of hydrogen-bond acceptors (Lipinski definition) is 4. The van der Waals surface area contributed by atoms with Crippen molar-refractivity contribution >= 4 is 37.1 Å². The molecule has 0 heterocycles. The monoisotopic (exact) mass is 377 g/mol. The maximum absolute atomic E-state index is 13.8. The van der Waals surface area contributed by atoms with Crippen molar-refractivity contribution in [1.82, 2.24) is 0 Å². The molecule has 9 heteroatoms. The van der Waals surface area contributed by atoms with E-state index in [1.54, 1.807) is 6.92 Å². The van der Waals surface area contributed by atoms with Crippen LogP contribution in [0.4, 0.5) is 10.1 Å². The molecule has 0 bridgehead atoms. The number of nitrogens with one attached hydrogen (secondary N) is 1. The Morgan fingerprint density at radius 3 is 2.26 bits per heavy atom. The Morgan fingerprint density at radius 2 is 1.70 bits per heavy atom. The summed E-state index contributed by atoms with van der Waals surface area (Å²) in [5.74, 6) is -0.998. The van der Waals surface area contributed by atoms with E-state index in [-0.39, 0.29) is 15.6 Å². The lowest BCUT2D eigenvalue weighted by Crippen LogP contribution is -2.15. The van der Waals surface area contributed by atoms with Crippen molar-refractivity contribution in [3.8, 4) is 0 Å². The van der Waals surface area contributed by atoms with E-state index in [4.69, 9.17) is 11.6 Å². The number of anilines is 1. The van der Waals surface area contributed by atoms with Gasteiger partial charge in [0.25, 0.3) is 10.0 Å². The molecule has 0 saturated carbocycles. The average Bonchev–Trinajstić information content (AvgIpc) is 2.39. The second-order valence-electron chi connectivity index (χ2n) is 4.93. The zero-order valence-corrected chi connectivity index (χ0v) is 14.6. The van der Waals surface area contributed by atoms with E-state index in [0.29, 0.717) is 5.56 Å². The van der Waals surface area contributed by atoms with Crippen molar-refractivity contribution in [1.29, 1.82) is 0 Å². The van der Waals surface area contributed by atoms with Crippen molar-refractivity contribution in [2.24, 2.45) is 0 Å². The van der Waals surface area contributed by atoms with Crippen molar-refractivity contribution in [2.45, 2.75) is 16.7 Å². The minimum Gasteiger partial charge on any atom is -0.279 e. The van der Waals surface area contributed by atoms with Crippen LogP contribution in [0.5, 0.6) is 0 Å². The number of aryl methyl sites for hydroxylation is 1. The second-order valence-corrected chi connectivity index (χ2v) is 9.03. The van der Waals surface area contributed by atoms with Crippen molar-refractivity contribution in [3.63, 3.8) is 0 Å². The first kappa shape index (κ1) is 17.7. The fraction of sp³-hybridized carbons (Fsp3) is 0.143. The number of rotatable bonds is 4. The Hall–Kier alpha value is -1.64. The van der Waals surface area contributed by atoms with Gasteiger partial charge >= 0.3 is 0 Å². The molecular weight excluding hydrogens is 365 g/mol. The normalized spacial score (nSPS) is 12.2. The van der Waals surface area contributed by atoms with Crippen LogP contribution in [0.15, 0.2) is 46.2 Å². The number of halogens is 2. The summed E-state index contributed by atoms with van der Waals surface area (Å²) in [5.41, 5.74) is 0.553. The molecule has 0 amide bonds. The molecule has 2 aromatic carbocycles. The third kappa shape index (κ3) is 4.01. The van der Waals surface area contributed by atoms with Crippen LogP contribution in [0.1, 0.15) is 5.56 Å². The zero-order valence-electron chi connectivity index (χ0n) is 12.2. The quantitative estimate of drug-likeness (QED) is 0.888. The van der Waals surface area contributed by atoms with Crippen LogP contribution in [0, 0.1) is 12.7 Å². The molecule has 0 aliphatic carbocycles. The van der Waals surface area contributed by atoms with E-state index in [0.717, 1.165) is 18.4 Å². The Morgan fingerprint density at radius 1 is 1.04 bits per heavy atom. The summed E-state index contributed by atoms with van der Waals surface area (Å²) in [4.78, 5) is -0.622. The molecule has 0 aliphatic heterocycles. The summed E-state index contributed by atoms with van der Waals surface area (Å²) in [6, 6.07) is 7.19. The van der Waals surface area contributed by atoms with Gasteiger partial charge in [0.15, 0.2) is 9.84 Å². The minimum absolute atomic E-state index is 0.0441. The second kappa shape index (κ2) is 6.10.